The number of hydrogen-bond donors (Lipinski definition) is 0. The lowest BCUT2D eigenvalue weighted by molar-refractivity contribution is 0.0455. The van der Waals surface area contributed by atoms with Gasteiger partial charge in [0.2, 0.25) is 0 Å². The fourth-order valence-electron chi connectivity index (χ4n) is 4.19. The van der Waals surface area contributed by atoms with Gasteiger partial charge in [0.1, 0.15) is 0 Å². The van der Waals surface area contributed by atoms with Crippen LogP contribution >= 0.6 is 11.3 Å². The summed E-state index contributed by atoms with van der Waals surface area (Å²) in [6.45, 7) is 2.14. The molecule has 2 amide bonds. The Morgan fingerprint density at radius 2 is 1.71 bits per heavy atom. The Balaban J connectivity index is 1.35. The second-order valence-corrected chi connectivity index (χ2v) is 8.08. The SMILES string of the molecule is O=C(c1ccsc1)N1CC([C@H]2CN(C(=O)c3ccncc3)c3ccccc32)C1. The van der Waals surface area contributed by atoms with Gasteiger partial charge in [-0.05, 0) is 35.2 Å². The van der Waals surface area contributed by atoms with E-state index in [1.165, 1.54) is 5.56 Å². The number of thiophene rings is 1. The average Bonchev–Trinajstić information content (AvgIpc) is 3.36. The van der Waals surface area contributed by atoms with Crippen LogP contribution in [0.3, 0.4) is 0 Å². The number of amides is 2. The van der Waals surface area contributed by atoms with Gasteiger partial charge in [-0.15, -0.1) is 0 Å². The largest absolute Gasteiger partial charge is 0.338 e. The van der Waals surface area contributed by atoms with Gasteiger partial charge < -0.3 is 9.80 Å². The second kappa shape index (κ2) is 6.87. The third-order valence-corrected chi connectivity index (χ3v) is 6.40. The van der Waals surface area contributed by atoms with Crippen LogP contribution in [0.25, 0.3) is 0 Å². The monoisotopic (exact) mass is 389 g/mol. The van der Waals surface area contributed by atoms with Crippen LogP contribution < -0.4 is 4.90 Å². The number of rotatable bonds is 3. The molecule has 1 saturated heterocycles. The highest BCUT2D eigenvalue weighted by Gasteiger charge is 2.43. The van der Waals surface area contributed by atoms with Crippen LogP contribution in [0.2, 0.25) is 0 Å². The van der Waals surface area contributed by atoms with Crippen molar-refractivity contribution >= 4 is 28.8 Å². The average molecular weight is 389 g/mol. The quantitative estimate of drug-likeness (QED) is 0.687. The molecule has 0 bridgehead atoms. The van der Waals surface area contributed by atoms with Crippen molar-refractivity contribution in [2.45, 2.75) is 5.92 Å². The predicted octanol–water partition coefficient (Wildman–Crippen LogP) is 3.66. The van der Waals surface area contributed by atoms with Gasteiger partial charge in [0.25, 0.3) is 11.8 Å². The van der Waals surface area contributed by atoms with Crippen LogP contribution in [0.5, 0.6) is 0 Å². The first-order valence-corrected chi connectivity index (χ1v) is 10.3. The third kappa shape index (κ3) is 2.81. The highest BCUT2D eigenvalue weighted by Crippen LogP contribution is 2.43. The lowest BCUT2D eigenvalue weighted by Gasteiger charge is -2.42. The molecule has 2 aliphatic heterocycles. The van der Waals surface area contributed by atoms with Crippen LogP contribution in [0.4, 0.5) is 5.69 Å². The van der Waals surface area contributed by atoms with Gasteiger partial charge in [-0.1, -0.05) is 18.2 Å². The molecule has 1 atom stereocenters. The molecule has 2 aliphatic rings. The molecular weight excluding hydrogens is 370 g/mol. The molecule has 28 heavy (non-hydrogen) atoms. The number of anilines is 1. The predicted molar refractivity (Wildman–Crippen MR) is 109 cm³/mol. The van der Waals surface area contributed by atoms with Crippen molar-refractivity contribution < 1.29 is 9.59 Å². The summed E-state index contributed by atoms with van der Waals surface area (Å²) in [7, 11) is 0. The van der Waals surface area contributed by atoms with Crippen molar-refractivity contribution in [1.29, 1.82) is 0 Å². The van der Waals surface area contributed by atoms with Crippen LogP contribution in [-0.2, 0) is 0 Å². The smallest absolute Gasteiger partial charge is 0.258 e. The van der Waals surface area contributed by atoms with E-state index in [1.807, 2.05) is 44.8 Å². The van der Waals surface area contributed by atoms with E-state index in [2.05, 4.69) is 11.1 Å². The first-order valence-electron chi connectivity index (χ1n) is 9.34. The fourth-order valence-corrected chi connectivity index (χ4v) is 4.82. The number of carbonyl (C=O) groups is 2. The van der Waals surface area contributed by atoms with E-state index in [4.69, 9.17) is 0 Å². The zero-order valence-electron chi connectivity index (χ0n) is 15.2. The molecule has 4 heterocycles. The minimum absolute atomic E-state index is 0.00267. The molecule has 3 aromatic rings. The summed E-state index contributed by atoms with van der Waals surface area (Å²) in [6.07, 6.45) is 3.29. The number of pyridine rings is 1. The Morgan fingerprint density at radius 3 is 2.46 bits per heavy atom. The normalized spacial score (nSPS) is 18.6. The lowest BCUT2D eigenvalue weighted by atomic mass is 9.82. The van der Waals surface area contributed by atoms with Crippen LogP contribution in [0.15, 0.2) is 65.6 Å². The molecule has 5 rings (SSSR count). The summed E-state index contributed by atoms with van der Waals surface area (Å²) < 4.78 is 0. The Morgan fingerprint density at radius 1 is 0.929 bits per heavy atom. The van der Waals surface area contributed by atoms with Gasteiger partial charge in [0, 0.05) is 60.5 Å². The number of fused-ring (bicyclic) bond motifs is 1. The van der Waals surface area contributed by atoms with E-state index in [0.717, 1.165) is 24.3 Å². The maximum Gasteiger partial charge on any atom is 0.258 e. The topological polar surface area (TPSA) is 53.5 Å². The molecule has 1 fully saturated rings. The maximum atomic E-state index is 13.0. The third-order valence-electron chi connectivity index (χ3n) is 5.71. The van der Waals surface area contributed by atoms with Crippen molar-refractivity contribution in [3.8, 4) is 0 Å². The van der Waals surface area contributed by atoms with Gasteiger partial charge >= 0.3 is 0 Å². The van der Waals surface area contributed by atoms with Crippen molar-refractivity contribution in [3.63, 3.8) is 0 Å². The number of aromatic nitrogens is 1. The minimum Gasteiger partial charge on any atom is -0.338 e. The van der Waals surface area contributed by atoms with Crippen molar-refractivity contribution in [2.24, 2.45) is 5.92 Å². The van der Waals surface area contributed by atoms with E-state index >= 15 is 0 Å². The van der Waals surface area contributed by atoms with Gasteiger partial charge in [-0.2, -0.15) is 11.3 Å². The number of carbonyl (C=O) groups excluding carboxylic acids is 2. The highest BCUT2D eigenvalue weighted by molar-refractivity contribution is 7.08. The van der Waals surface area contributed by atoms with Crippen LogP contribution in [-0.4, -0.2) is 41.3 Å². The zero-order valence-corrected chi connectivity index (χ0v) is 16.0. The molecule has 1 aromatic carbocycles. The summed E-state index contributed by atoms with van der Waals surface area (Å²) in [4.78, 5) is 33.3. The molecule has 140 valence electrons. The molecule has 0 N–H and O–H groups in total. The van der Waals surface area contributed by atoms with Crippen LogP contribution in [0, 0.1) is 5.92 Å². The summed E-state index contributed by atoms with van der Waals surface area (Å²) in [5.41, 5.74) is 3.60. The summed E-state index contributed by atoms with van der Waals surface area (Å²) >= 11 is 1.54. The standard InChI is InChI=1S/C22H19N3O2S/c26-21(16-7-10-28-14-16)24-11-17(12-24)19-13-25(20-4-2-1-3-18(19)20)22(27)15-5-8-23-9-6-15/h1-10,14,17,19H,11-13H2/t19-/m1/s1. The summed E-state index contributed by atoms with van der Waals surface area (Å²) in [6, 6.07) is 13.5. The molecular formula is C22H19N3O2S. The van der Waals surface area contributed by atoms with Gasteiger partial charge in [0.15, 0.2) is 0 Å². The molecule has 2 aromatic heterocycles. The number of likely N-dealkylation sites (tertiary alicyclic amines) is 1. The Bertz CT molecular complexity index is 1010. The van der Waals surface area contributed by atoms with E-state index < -0.39 is 0 Å². The van der Waals surface area contributed by atoms with Crippen LogP contribution in [0.1, 0.15) is 32.2 Å². The van der Waals surface area contributed by atoms with E-state index in [1.54, 1.807) is 35.9 Å². The fraction of sp³-hybridized carbons (Fsp3) is 0.227. The molecule has 6 heteroatoms. The molecule has 0 radical (unpaired) electrons. The first kappa shape index (κ1) is 17.1. The molecule has 0 unspecified atom stereocenters. The number of benzene rings is 1. The number of nitrogens with zero attached hydrogens (tertiary/aromatic N) is 3. The molecule has 0 aliphatic carbocycles. The minimum atomic E-state index is 0.00267. The second-order valence-electron chi connectivity index (χ2n) is 7.30. The molecule has 0 spiro atoms. The van der Waals surface area contributed by atoms with Crippen molar-refractivity contribution in [1.82, 2.24) is 9.88 Å². The Hall–Kier alpha value is -2.99. The molecule has 5 nitrogen and oxygen atoms in total. The lowest BCUT2D eigenvalue weighted by Crippen LogP contribution is -2.52. The first-order chi connectivity index (χ1) is 13.7. The number of hydrogen-bond acceptors (Lipinski definition) is 4. The van der Waals surface area contributed by atoms with Gasteiger partial charge in [0.05, 0.1) is 5.56 Å². The highest BCUT2D eigenvalue weighted by atomic mass is 32.1. The van der Waals surface area contributed by atoms with E-state index in [0.29, 0.717) is 18.0 Å². The Kier molecular flexibility index (Phi) is 4.20. The van der Waals surface area contributed by atoms with Gasteiger partial charge in [-0.3, -0.25) is 14.6 Å². The Labute approximate surface area is 167 Å². The zero-order chi connectivity index (χ0) is 19.1. The maximum absolute atomic E-state index is 13.0. The number of para-hydroxylation sites is 1. The van der Waals surface area contributed by atoms with E-state index in [9.17, 15) is 9.59 Å². The van der Waals surface area contributed by atoms with Crippen molar-refractivity contribution in [2.75, 3.05) is 24.5 Å². The molecule has 0 saturated carbocycles. The van der Waals surface area contributed by atoms with Crippen molar-refractivity contribution in [3.05, 3.63) is 82.3 Å². The summed E-state index contributed by atoms with van der Waals surface area (Å²) in [5.74, 6) is 0.740. The van der Waals surface area contributed by atoms with Gasteiger partial charge in [-0.25, -0.2) is 0 Å². The summed E-state index contributed by atoms with van der Waals surface area (Å²) in [5, 5.41) is 3.83. The van der Waals surface area contributed by atoms with E-state index in [-0.39, 0.29) is 17.7 Å².